The highest BCUT2D eigenvalue weighted by Crippen LogP contribution is 2.46. The molecule has 1 fully saturated rings. The molecule has 0 unspecified atom stereocenters. The third-order valence-electron chi connectivity index (χ3n) is 8.40. The summed E-state index contributed by atoms with van der Waals surface area (Å²) >= 11 is 0. The minimum Gasteiger partial charge on any atom is -0.481 e. The third kappa shape index (κ3) is 5.67. The molecule has 0 radical (unpaired) electrons. The first-order valence-electron chi connectivity index (χ1n) is 14.1. The third-order valence-corrected chi connectivity index (χ3v) is 8.40. The van der Waals surface area contributed by atoms with Gasteiger partial charge in [-0.3, -0.25) is 14.4 Å². The fourth-order valence-corrected chi connectivity index (χ4v) is 5.98. The molecule has 0 bridgehead atoms. The molecular formula is C32H37N3O5. The van der Waals surface area contributed by atoms with Gasteiger partial charge in [-0.15, -0.1) is 0 Å². The van der Waals surface area contributed by atoms with Crippen LogP contribution in [-0.4, -0.2) is 52.3 Å². The second kappa shape index (κ2) is 10.9. The predicted molar refractivity (Wildman–Crippen MR) is 153 cm³/mol. The molecule has 1 spiro atoms. The number of carbonyl (C=O) groups is 3. The molecule has 8 nitrogen and oxygen atoms in total. The molecule has 2 heterocycles. The van der Waals surface area contributed by atoms with Crippen molar-refractivity contribution < 1.29 is 23.9 Å². The van der Waals surface area contributed by atoms with E-state index in [1.165, 1.54) is 0 Å². The van der Waals surface area contributed by atoms with E-state index in [0.29, 0.717) is 35.9 Å². The summed E-state index contributed by atoms with van der Waals surface area (Å²) in [6, 6.07) is 16.9. The highest BCUT2D eigenvalue weighted by molar-refractivity contribution is 6.46. The second-order valence-electron chi connectivity index (χ2n) is 12.0. The van der Waals surface area contributed by atoms with Gasteiger partial charge in [0.25, 0.3) is 11.8 Å². The zero-order valence-electron chi connectivity index (χ0n) is 23.4. The van der Waals surface area contributed by atoms with Gasteiger partial charge in [0.05, 0.1) is 6.42 Å². The monoisotopic (exact) mass is 543 g/mol. The number of aliphatic carboxylic acids is 1. The minimum atomic E-state index is -0.954. The normalized spacial score (nSPS) is 21.2. The summed E-state index contributed by atoms with van der Waals surface area (Å²) in [6.07, 6.45) is 4.16. The Labute approximate surface area is 234 Å². The zero-order valence-corrected chi connectivity index (χ0v) is 23.4. The maximum atomic E-state index is 13.9. The van der Waals surface area contributed by atoms with Gasteiger partial charge in [-0.25, -0.2) is 4.99 Å². The maximum absolute atomic E-state index is 13.9. The maximum Gasteiger partial charge on any atom is 0.305 e. The number of hydrogen-bond acceptors (Lipinski definition) is 5. The number of fused-ring (bicyclic) bond motifs is 1. The first-order valence-corrected chi connectivity index (χ1v) is 14.1. The van der Waals surface area contributed by atoms with Crippen molar-refractivity contribution in [3.63, 3.8) is 0 Å². The van der Waals surface area contributed by atoms with Crippen molar-refractivity contribution in [1.29, 1.82) is 0 Å². The number of benzene rings is 2. The summed E-state index contributed by atoms with van der Waals surface area (Å²) in [7, 11) is 0. The summed E-state index contributed by atoms with van der Waals surface area (Å²) in [4.78, 5) is 43.9. The molecule has 0 saturated heterocycles. The van der Waals surface area contributed by atoms with Crippen LogP contribution >= 0.6 is 0 Å². The highest BCUT2D eigenvalue weighted by Gasteiger charge is 2.50. The molecule has 1 aromatic heterocycles. The molecule has 2 amide bonds. The lowest BCUT2D eigenvalue weighted by atomic mass is 9.69. The van der Waals surface area contributed by atoms with E-state index in [9.17, 15) is 14.4 Å². The van der Waals surface area contributed by atoms with Crippen LogP contribution in [0.3, 0.4) is 0 Å². The van der Waals surface area contributed by atoms with Gasteiger partial charge in [0.15, 0.2) is 11.5 Å². The standard InChI is InChI=1S/C32H37N3O5/c1-31(2,3)24-12-16-32(17-13-24)34-28(26-20-23-6-4-5-7-25(23)40-26)30(39)35(32)19-15-21-8-10-22(11-9-21)29(38)33-18-14-27(36)37/h4-11,20,24H,12-19H2,1-3H3,(H,33,38)(H,36,37). The topological polar surface area (TPSA) is 112 Å². The Morgan fingerprint density at radius 2 is 1.80 bits per heavy atom. The van der Waals surface area contributed by atoms with Gasteiger partial charge in [0, 0.05) is 24.0 Å². The Hall–Kier alpha value is -3.94. The minimum absolute atomic E-state index is 0.0821. The van der Waals surface area contributed by atoms with Crippen molar-refractivity contribution in [3.05, 3.63) is 71.5 Å². The van der Waals surface area contributed by atoms with Crippen molar-refractivity contribution in [3.8, 4) is 0 Å². The number of furan rings is 1. The van der Waals surface area contributed by atoms with E-state index in [2.05, 4.69) is 26.1 Å². The average Bonchev–Trinajstić information content (AvgIpc) is 3.46. The Balaban J connectivity index is 1.33. The lowest BCUT2D eigenvalue weighted by Crippen LogP contribution is -2.50. The number of nitrogens with zero attached hydrogens (tertiary/aromatic N) is 2. The Kier molecular flexibility index (Phi) is 7.53. The highest BCUT2D eigenvalue weighted by atomic mass is 16.4. The van der Waals surface area contributed by atoms with Crippen LogP contribution in [-0.2, 0) is 16.0 Å². The van der Waals surface area contributed by atoms with Crippen LogP contribution < -0.4 is 5.32 Å². The Morgan fingerprint density at radius 1 is 1.10 bits per heavy atom. The number of carboxylic acids is 1. The van der Waals surface area contributed by atoms with E-state index in [0.717, 1.165) is 42.2 Å². The lowest BCUT2D eigenvalue weighted by Gasteiger charge is -2.44. The van der Waals surface area contributed by atoms with Crippen LogP contribution in [0.15, 0.2) is 64.0 Å². The largest absolute Gasteiger partial charge is 0.481 e. The molecule has 0 atom stereocenters. The van der Waals surface area contributed by atoms with E-state index >= 15 is 0 Å². The molecule has 2 N–H and O–H groups in total. The van der Waals surface area contributed by atoms with Gasteiger partial charge in [-0.1, -0.05) is 51.1 Å². The number of para-hydroxylation sites is 1. The lowest BCUT2D eigenvalue weighted by molar-refractivity contribution is -0.136. The van der Waals surface area contributed by atoms with Gasteiger partial charge in [-0.05, 0) is 73.3 Å². The first-order chi connectivity index (χ1) is 19.1. The van der Waals surface area contributed by atoms with E-state index in [4.69, 9.17) is 14.5 Å². The summed E-state index contributed by atoms with van der Waals surface area (Å²) in [5, 5.41) is 12.3. The van der Waals surface area contributed by atoms with E-state index in [1.807, 2.05) is 47.4 Å². The molecule has 5 rings (SSSR count). The summed E-state index contributed by atoms with van der Waals surface area (Å²) in [5.74, 6) is -0.258. The van der Waals surface area contributed by atoms with E-state index in [1.54, 1.807) is 12.1 Å². The number of nitrogens with one attached hydrogen (secondary N) is 1. The summed E-state index contributed by atoms with van der Waals surface area (Å²) in [5.41, 5.74) is 2.26. The molecule has 8 heteroatoms. The Bertz CT molecular complexity index is 1410. The number of carbonyl (C=O) groups excluding carboxylic acids is 2. The van der Waals surface area contributed by atoms with Gasteiger partial charge < -0.3 is 19.7 Å². The molecular weight excluding hydrogens is 506 g/mol. The SMILES string of the molecule is CC(C)(C)C1CCC2(CC1)N=C(c1cc3ccccc3o1)C(=O)N2CCc1ccc(C(=O)NCCC(=O)O)cc1. The first kappa shape index (κ1) is 27.6. The van der Waals surface area contributed by atoms with Crippen LogP contribution in [0.5, 0.6) is 0 Å². The molecule has 3 aromatic rings. The van der Waals surface area contributed by atoms with Gasteiger partial charge in [-0.2, -0.15) is 0 Å². The van der Waals surface area contributed by atoms with Crippen LogP contribution in [0.1, 0.15) is 74.6 Å². The van der Waals surface area contributed by atoms with E-state index in [-0.39, 0.29) is 30.2 Å². The molecule has 1 aliphatic carbocycles. The molecule has 210 valence electrons. The number of hydrogen-bond donors (Lipinski definition) is 2. The molecule has 2 aliphatic rings. The van der Waals surface area contributed by atoms with Crippen LogP contribution in [0.25, 0.3) is 11.0 Å². The molecule has 40 heavy (non-hydrogen) atoms. The van der Waals surface area contributed by atoms with Crippen molar-refractivity contribution in [1.82, 2.24) is 10.2 Å². The van der Waals surface area contributed by atoms with Crippen LogP contribution in [0, 0.1) is 11.3 Å². The van der Waals surface area contributed by atoms with Gasteiger partial charge in [0.1, 0.15) is 11.2 Å². The fraction of sp³-hybridized carbons (Fsp3) is 0.438. The number of carboxylic acid groups (broad SMARTS) is 1. The quantitative estimate of drug-likeness (QED) is 0.393. The number of amides is 2. The van der Waals surface area contributed by atoms with Crippen LogP contribution in [0.2, 0.25) is 0 Å². The van der Waals surface area contributed by atoms with Gasteiger partial charge in [0.2, 0.25) is 0 Å². The average molecular weight is 544 g/mol. The molecule has 1 aliphatic heterocycles. The van der Waals surface area contributed by atoms with Gasteiger partial charge >= 0.3 is 5.97 Å². The Morgan fingerprint density at radius 3 is 2.45 bits per heavy atom. The van der Waals surface area contributed by atoms with E-state index < -0.39 is 11.6 Å². The van der Waals surface area contributed by atoms with Crippen molar-refractivity contribution in [2.75, 3.05) is 13.1 Å². The summed E-state index contributed by atoms with van der Waals surface area (Å²) in [6.45, 7) is 7.44. The molecule has 2 aromatic carbocycles. The molecule has 1 saturated carbocycles. The summed E-state index contributed by atoms with van der Waals surface area (Å²) < 4.78 is 6.07. The van der Waals surface area contributed by atoms with Crippen LogP contribution in [0.4, 0.5) is 0 Å². The zero-order chi connectivity index (χ0) is 28.5. The second-order valence-corrected chi connectivity index (χ2v) is 12.0. The number of aliphatic imine (C=N–C) groups is 1. The smallest absolute Gasteiger partial charge is 0.305 e. The van der Waals surface area contributed by atoms with Crippen molar-refractivity contribution in [2.45, 2.75) is 65.0 Å². The van der Waals surface area contributed by atoms with Crippen molar-refractivity contribution >= 4 is 34.5 Å². The fourth-order valence-electron chi connectivity index (χ4n) is 5.98. The van der Waals surface area contributed by atoms with Crippen molar-refractivity contribution in [2.24, 2.45) is 16.3 Å². The predicted octanol–water partition coefficient (Wildman–Crippen LogP) is 5.44. The number of rotatable bonds is 8.